The maximum absolute atomic E-state index is 13.5. The highest BCUT2D eigenvalue weighted by Gasteiger charge is 2.45. The van der Waals surface area contributed by atoms with Crippen molar-refractivity contribution in [1.29, 1.82) is 0 Å². The Labute approximate surface area is 229 Å². The second-order valence-electron chi connectivity index (χ2n) is 10.0. The van der Waals surface area contributed by atoms with Gasteiger partial charge in [-0.2, -0.15) is 0 Å². The van der Waals surface area contributed by atoms with Crippen molar-refractivity contribution in [3.8, 4) is 0 Å². The van der Waals surface area contributed by atoms with Gasteiger partial charge in [0.2, 0.25) is 11.8 Å². The fourth-order valence-electron chi connectivity index (χ4n) is 5.66. The van der Waals surface area contributed by atoms with Crippen LogP contribution in [0, 0.1) is 0 Å². The van der Waals surface area contributed by atoms with Crippen molar-refractivity contribution in [2.24, 2.45) is 0 Å². The zero-order valence-corrected chi connectivity index (χ0v) is 21.5. The Morgan fingerprint density at radius 2 is 1.50 bits per heavy atom. The lowest BCUT2D eigenvalue weighted by Gasteiger charge is -2.39. The van der Waals surface area contributed by atoms with Crippen LogP contribution in [0.15, 0.2) is 67.3 Å². The molecule has 1 N–H and O–H groups in total. The van der Waals surface area contributed by atoms with Gasteiger partial charge in [0, 0.05) is 63.0 Å². The SMILES string of the molecule is O=C1CCC(N2C(=O)c3ccc(C(=O)N4CCN(C(c5cccnc5)c5cccnc5)CC4)cc3C2=O)C(=O)N1. The zero-order chi connectivity index (χ0) is 27.8. The molecule has 202 valence electrons. The van der Waals surface area contributed by atoms with Crippen molar-refractivity contribution in [2.75, 3.05) is 26.2 Å². The number of hydrogen-bond acceptors (Lipinski definition) is 8. The highest BCUT2D eigenvalue weighted by Crippen LogP contribution is 2.31. The van der Waals surface area contributed by atoms with E-state index in [1.807, 2.05) is 36.7 Å². The van der Waals surface area contributed by atoms with E-state index < -0.39 is 29.7 Å². The van der Waals surface area contributed by atoms with Crippen molar-refractivity contribution < 1.29 is 24.0 Å². The molecule has 5 amide bonds. The number of fused-ring (bicyclic) bond motifs is 1. The summed E-state index contributed by atoms with van der Waals surface area (Å²) >= 11 is 0. The number of benzene rings is 1. The van der Waals surface area contributed by atoms with E-state index in [1.165, 1.54) is 12.1 Å². The molecule has 3 aliphatic heterocycles. The normalized spacial score (nSPS) is 19.7. The van der Waals surface area contributed by atoms with Crippen LogP contribution >= 0.6 is 0 Å². The fraction of sp³-hybridized carbons (Fsp3) is 0.276. The molecule has 11 nitrogen and oxygen atoms in total. The average molecular weight is 539 g/mol. The Hall–Kier alpha value is -4.77. The summed E-state index contributed by atoms with van der Waals surface area (Å²) in [7, 11) is 0. The third-order valence-corrected chi connectivity index (χ3v) is 7.65. The molecular weight excluding hydrogens is 512 g/mol. The maximum atomic E-state index is 13.5. The summed E-state index contributed by atoms with van der Waals surface area (Å²) in [6.07, 6.45) is 7.28. The van der Waals surface area contributed by atoms with Crippen molar-refractivity contribution in [3.05, 3.63) is 95.1 Å². The molecule has 2 fully saturated rings. The van der Waals surface area contributed by atoms with E-state index in [0.29, 0.717) is 31.7 Å². The molecule has 0 saturated carbocycles. The highest BCUT2D eigenvalue weighted by molar-refractivity contribution is 6.24. The predicted octanol–water partition coefficient (Wildman–Crippen LogP) is 1.43. The molecule has 6 rings (SSSR count). The molecule has 11 heteroatoms. The van der Waals surface area contributed by atoms with Gasteiger partial charge >= 0.3 is 0 Å². The van der Waals surface area contributed by atoms with Crippen LogP contribution in [0.25, 0.3) is 0 Å². The van der Waals surface area contributed by atoms with E-state index in [4.69, 9.17) is 0 Å². The van der Waals surface area contributed by atoms with Gasteiger partial charge in [0.1, 0.15) is 6.04 Å². The van der Waals surface area contributed by atoms with Crippen LogP contribution in [0.3, 0.4) is 0 Å². The van der Waals surface area contributed by atoms with E-state index in [-0.39, 0.29) is 35.9 Å². The number of pyridine rings is 2. The summed E-state index contributed by atoms with van der Waals surface area (Å²) in [6, 6.07) is 11.2. The van der Waals surface area contributed by atoms with Gasteiger partial charge in [-0.25, -0.2) is 0 Å². The number of nitrogens with zero attached hydrogens (tertiary/aromatic N) is 5. The van der Waals surface area contributed by atoms with Crippen LogP contribution in [-0.2, 0) is 9.59 Å². The Morgan fingerprint density at radius 3 is 2.10 bits per heavy atom. The number of rotatable bonds is 5. The predicted molar refractivity (Wildman–Crippen MR) is 141 cm³/mol. The van der Waals surface area contributed by atoms with E-state index in [0.717, 1.165) is 16.0 Å². The summed E-state index contributed by atoms with van der Waals surface area (Å²) in [6.45, 7) is 2.18. The highest BCUT2D eigenvalue weighted by atomic mass is 16.2. The van der Waals surface area contributed by atoms with E-state index >= 15 is 0 Å². The number of aromatic nitrogens is 2. The first-order valence-electron chi connectivity index (χ1n) is 13.1. The molecule has 0 aliphatic carbocycles. The molecule has 2 saturated heterocycles. The minimum absolute atomic E-state index is 0.0436. The summed E-state index contributed by atoms with van der Waals surface area (Å²) in [5, 5.41) is 2.18. The molecule has 1 atom stereocenters. The van der Waals surface area contributed by atoms with Crippen LogP contribution in [0.2, 0.25) is 0 Å². The summed E-state index contributed by atoms with van der Waals surface area (Å²) in [5.74, 6) is -2.57. The van der Waals surface area contributed by atoms with Crippen molar-refractivity contribution >= 4 is 29.5 Å². The number of piperidine rings is 1. The quantitative estimate of drug-likeness (QED) is 0.483. The van der Waals surface area contributed by atoms with Gasteiger partial charge in [-0.15, -0.1) is 0 Å². The molecule has 2 aromatic heterocycles. The monoisotopic (exact) mass is 538 g/mol. The number of hydrogen-bond donors (Lipinski definition) is 1. The minimum Gasteiger partial charge on any atom is -0.336 e. The molecule has 1 unspecified atom stereocenters. The zero-order valence-electron chi connectivity index (χ0n) is 21.5. The second kappa shape index (κ2) is 10.4. The standard InChI is InChI=1S/C29H26N6O5/c36-24-8-7-23(26(37)32-24)35-28(39)21-6-5-18(15-22(21)29(35)40)27(38)34-13-11-33(12-14-34)25(19-3-1-9-30-16-19)20-4-2-10-31-17-20/h1-6,9-10,15-17,23,25H,7-8,11-14H2,(H,32,36,37). The van der Waals surface area contributed by atoms with Gasteiger partial charge < -0.3 is 4.90 Å². The van der Waals surface area contributed by atoms with Crippen molar-refractivity contribution in [3.63, 3.8) is 0 Å². The van der Waals surface area contributed by atoms with E-state index in [9.17, 15) is 24.0 Å². The van der Waals surface area contributed by atoms with Crippen LogP contribution in [0.1, 0.15) is 61.1 Å². The van der Waals surface area contributed by atoms with Gasteiger partial charge in [0.05, 0.1) is 17.2 Å². The molecule has 0 spiro atoms. The third-order valence-electron chi connectivity index (χ3n) is 7.65. The molecule has 40 heavy (non-hydrogen) atoms. The lowest BCUT2D eigenvalue weighted by molar-refractivity contribution is -0.136. The second-order valence-corrected chi connectivity index (χ2v) is 10.0. The Bertz CT molecular complexity index is 1460. The molecule has 5 heterocycles. The number of carbonyl (C=O) groups is 5. The van der Waals surface area contributed by atoms with Crippen LogP contribution in [0.4, 0.5) is 0 Å². The van der Waals surface area contributed by atoms with Gasteiger partial charge in [0.25, 0.3) is 17.7 Å². The molecule has 3 aromatic rings. The number of imide groups is 2. The van der Waals surface area contributed by atoms with Crippen LogP contribution in [-0.4, -0.2) is 86.4 Å². The largest absolute Gasteiger partial charge is 0.336 e. The minimum atomic E-state index is -1.05. The van der Waals surface area contributed by atoms with Crippen LogP contribution in [0.5, 0.6) is 0 Å². The van der Waals surface area contributed by atoms with Crippen LogP contribution < -0.4 is 5.32 Å². The van der Waals surface area contributed by atoms with Gasteiger partial charge in [-0.1, -0.05) is 12.1 Å². The number of amides is 5. The fourth-order valence-corrected chi connectivity index (χ4v) is 5.66. The molecular formula is C29H26N6O5. The molecule has 3 aliphatic rings. The smallest absolute Gasteiger partial charge is 0.262 e. The first-order chi connectivity index (χ1) is 19.4. The number of nitrogens with one attached hydrogen (secondary N) is 1. The Morgan fingerprint density at radius 1 is 0.850 bits per heavy atom. The Balaban J connectivity index is 1.17. The van der Waals surface area contributed by atoms with E-state index in [2.05, 4.69) is 20.2 Å². The lowest BCUT2D eigenvalue weighted by atomic mass is 9.99. The number of piperazine rings is 1. The molecule has 0 radical (unpaired) electrons. The summed E-state index contributed by atoms with van der Waals surface area (Å²) < 4.78 is 0. The first kappa shape index (κ1) is 25.5. The van der Waals surface area contributed by atoms with E-state index in [1.54, 1.807) is 23.4 Å². The van der Waals surface area contributed by atoms with Gasteiger partial charge in [-0.3, -0.25) is 49.1 Å². The average Bonchev–Trinajstić information content (AvgIpc) is 3.23. The summed E-state index contributed by atoms with van der Waals surface area (Å²) in [5.41, 5.74) is 2.61. The maximum Gasteiger partial charge on any atom is 0.262 e. The van der Waals surface area contributed by atoms with Crippen molar-refractivity contribution in [1.82, 2.24) is 30.0 Å². The molecule has 1 aromatic carbocycles. The number of carbonyl (C=O) groups excluding carboxylic acids is 5. The summed E-state index contributed by atoms with van der Waals surface area (Å²) in [4.78, 5) is 76.9. The van der Waals surface area contributed by atoms with Gasteiger partial charge in [0.15, 0.2) is 0 Å². The molecule has 0 bridgehead atoms. The Kier molecular flexibility index (Phi) is 6.64. The van der Waals surface area contributed by atoms with Gasteiger partial charge in [-0.05, 0) is 47.9 Å². The first-order valence-corrected chi connectivity index (χ1v) is 13.1. The lowest BCUT2D eigenvalue weighted by Crippen LogP contribution is -2.54. The van der Waals surface area contributed by atoms with Crippen molar-refractivity contribution in [2.45, 2.75) is 24.9 Å². The third kappa shape index (κ3) is 4.54. The topological polar surface area (TPSA) is 133 Å².